The smallest absolute Gasteiger partial charge is 0.309 e. The van der Waals surface area contributed by atoms with E-state index in [1.165, 1.54) is 0 Å². The zero-order valence-electron chi connectivity index (χ0n) is 16.2. The Kier molecular flexibility index (Phi) is 7.35. The number of aliphatic hydroxyl groups excluding tert-OH is 1. The van der Waals surface area contributed by atoms with Gasteiger partial charge in [-0.3, -0.25) is 9.59 Å². The maximum absolute atomic E-state index is 11.1. The third-order valence-corrected chi connectivity index (χ3v) is 6.07. The maximum atomic E-state index is 11.1. The molecule has 0 bridgehead atoms. The molecule has 1 aromatic carbocycles. The van der Waals surface area contributed by atoms with Gasteiger partial charge in [-0.1, -0.05) is 44.2 Å². The van der Waals surface area contributed by atoms with Gasteiger partial charge in [-0.2, -0.15) is 0 Å². The third kappa shape index (κ3) is 4.43. The normalized spacial score (nSPS) is 26.3. The van der Waals surface area contributed by atoms with E-state index >= 15 is 0 Å². The fourth-order valence-corrected chi connectivity index (χ4v) is 3.41. The second kappa shape index (κ2) is 8.64. The van der Waals surface area contributed by atoms with E-state index in [4.69, 9.17) is 10.2 Å². The van der Waals surface area contributed by atoms with Crippen molar-refractivity contribution in [2.75, 3.05) is 7.05 Å². The Labute approximate surface area is 155 Å². The first kappa shape index (κ1) is 22.1. The molecule has 6 nitrogen and oxygen atoms in total. The number of nitrogens with one attached hydrogen (secondary N) is 1. The van der Waals surface area contributed by atoms with Gasteiger partial charge in [0.25, 0.3) is 0 Å². The lowest BCUT2D eigenvalue weighted by Crippen LogP contribution is -2.42. The Morgan fingerprint density at radius 2 is 1.69 bits per heavy atom. The topological polar surface area (TPSA) is 107 Å². The molecule has 0 spiro atoms. The minimum Gasteiger partial charge on any atom is -0.481 e. The summed E-state index contributed by atoms with van der Waals surface area (Å²) in [6, 6.07) is 9.76. The van der Waals surface area contributed by atoms with Crippen LogP contribution in [0.5, 0.6) is 0 Å². The highest BCUT2D eigenvalue weighted by atomic mass is 16.4. The van der Waals surface area contributed by atoms with Crippen molar-refractivity contribution in [1.82, 2.24) is 5.32 Å². The lowest BCUT2D eigenvalue weighted by atomic mass is 9.66. The summed E-state index contributed by atoms with van der Waals surface area (Å²) in [6.07, 6.45) is 0.466. The molecular weight excluding hydrogens is 334 g/mol. The average Bonchev–Trinajstić information content (AvgIpc) is 2.85. The Balaban J connectivity index is 0.000000263. The standard InChI is InChI=1S/C10H15NO.C10H16O4/c1-8(11-2)10(12)9-6-4-3-5-7-9;1-9(2)6(7(11)12)4-5-10(9,3)8(13)14/h3-8,10-12H,1-2H3;6H,4-5H2,1-3H3,(H,11,12)(H,13,14)/t8-,10-;/m0./s1. The van der Waals surface area contributed by atoms with E-state index in [1.54, 1.807) is 20.8 Å². The number of hydrogen-bond acceptors (Lipinski definition) is 4. The number of carboxylic acids is 2. The van der Waals surface area contributed by atoms with E-state index < -0.39 is 34.8 Å². The highest BCUT2D eigenvalue weighted by Crippen LogP contribution is 2.56. The Hall–Kier alpha value is -1.92. The van der Waals surface area contributed by atoms with Crippen molar-refractivity contribution in [2.45, 2.75) is 52.7 Å². The van der Waals surface area contributed by atoms with Gasteiger partial charge < -0.3 is 20.6 Å². The van der Waals surface area contributed by atoms with E-state index in [0.717, 1.165) is 5.56 Å². The molecule has 6 heteroatoms. The molecule has 4 atom stereocenters. The van der Waals surface area contributed by atoms with Crippen LogP contribution < -0.4 is 5.32 Å². The molecule has 0 radical (unpaired) electrons. The van der Waals surface area contributed by atoms with Gasteiger partial charge in [0, 0.05) is 6.04 Å². The van der Waals surface area contributed by atoms with Gasteiger partial charge >= 0.3 is 11.9 Å². The van der Waals surface area contributed by atoms with Crippen LogP contribution >= 0.6 is 0 Å². The van der Waals surface area contributed by atoms with Gasteiger partial charge in [0.15, 0.2) is 0 Å². The average molecular weight is 365 g/mol. The van der Waals surface area contributed by atoms with Crippen LogP contribution in [0.25, 0.3) is 0 Å². The summed E-state index contributed by atoms with van der Waals surface area (Å²) in [7, 11) is 1.84. The number of carbonyl (C=O) groups is 2. The third-order valence-electron chi connectivity index (χ3n) is 6.07. The number of hydrogen-bond donors (Lipinski definition) is 4. The minimum atomic E-state index is -0.921. The molecule has 1 aromatic rings. The molecule has 0 heterocycles. The summed E-state index contributed by atoms with van der Waals surface area (Å²) in [6.45, 7) is 7.05. The van der Waals surface area contributed by atoms with Crippen molar-refractivity contribution < 1.29 is 24.9 Å². The summed E-state index contributed by atoms with van der Waals surface area (Å²) < 4.78 is 0. The van der Waals surface area contributed by atoms with E-state index in [-0.39, 0.29) is 6.04 Å². The lowest BCUT2D eigenvalue weighted by molar-refractivity contribution is -0.157. The van der Waals surface area contributed by atoms with Crippen LogP contribution in [0.3, 0.4) is 0 Å². The zero-order valence-corrected chi connectivity index (χ0v) is 16.2. The van der Waals surface area contributed by atoms with Crippen LogP contribution in [0.15, 0.2) is 30.3 Å². The first-order chi connectivity index (χ1) is 12.0. The molecule has 1 saturated carbocycles. The van der Waals surface area contributed by atoms with Gasteiger partial charge in [-0.15, -0.1) is 0 Å². The summed E-state index contributed by atoms with van der Waals surface area (Å²) in [5, 5.41) is 30.8. The van der Waals surface area contributed by atoms with Crippen molar-refractivity contribution in [3.8, 4) is 0 Å². The fraction of sp³-hybridized carbons (Fsp3) is 0.600. The summed E-state index contributed by atoms with van der Waals surface area (Å²) in [5.41, 5.74) is -0.653. The predicted octanol–water partition coefficient (Wildman–Crippen LogP) is 2.93. The highest BCUT2D eigenvalue weighted by Gasteiger charge is 2.58. The molecule has 0 saturated heterocycles. The molecule has 1 fully saturated rings. The number of aliphatic carboxylic acids is 2. The molecule has 0 aliphatic heterocycles. The molecule has 0 aromatic heterocycles. The maximum Gasteiger partial charge on any atom is 0.309 e. The van der Waals surface area contributed by atoms with Crippen LogP contribution in [0.4, 0.5) is 0 Å². The largest absolute Gasteiger partial charge is 0.481 e. The molecule has 2 rings (SSSR count). The van der Waals surface area contributed by atoms with Crippen molar-refractivity contribution in [1.29, 1.82) is 0 Å². The van der Waals surface area contributed by atoms with E-state index in [1.807, 2.05) is 44.3 Å². The molecule has 26 heavy (non-hydrogen) atoms. The first-order valence-electron chi connectivity index (χ1n) is 8.85. The van der Waals surface area contributed by atoms with Crippen molar-refractivity contribution in [2.24, 2.45) is 16.7 Å². The van der Waals surface area contributed by atoms with Gasteiger partial charge in [0.05, 0.1) is 17.4 Å². The molecule has 1 aliphatic rings. The molecule has 146 valence electrons. The number of carboxylic acid groups (broad SMARTS) is 2. The second-order valence-electron chi connectivity index (χ2n) is 7.72. The summed E-state index contributed by atoms with van der Waals surface area (Å²) in [5.74, 6) is -2.34. The summed E-state index contributed by atoms with van der Waals surface area (Å²) in [4.78, 5) is 22.0. The Bertz CT molecular complexity index is 616. The molecule has 1 aliphatic carbocycles. The van der Waals surface area contributed by atoms with Crippen LogP contribution in [-0.2, 0) is 9.59 Å². The van der Waals surface area contributed by atoms with E-state index in [2.05, 4.69) is 5.32 Å². The van der Waals surface area contributed by atoms with Gasteiger partial charge in [0.2, 0.25) is 0 Å². The quantitative estimate of drug-likeness (QED) is 0.639. The van der Waals surface area contributed by atoms with E-state index in [0.29, 0.717) is 12.8 Å². The van der Waals surface area contributed by atoms with Crippen molar-refractivity contribution in [3.05, 3.63) is 35.9 Å². The van der Waals surface area contributed by atoms with Crippen molar-refractivity contribution >= 4 is 11.9 Å². The molecule has 0 amide bonds. The lowest BCUT2D eigenvalue weighted by Gasteiger charge is -2.36. The van der Waals surface area contributed by atoms with Crippen LogP contribution in [0, 0.1) is 16.7 Å². The number of aliphatic hydroxyl groups is 1. The molecule has 2 unspecified atom stereocenters. The summed E-state index contributed by atoms with van der Waals surface area (Å²) >= 11 is 0. The highest BCUT2D eigenvalue weighted by molar-refractivity contribution is 5.80. The number of benzene rings is 1. The first-order valence-corrected chi connectivity index (χ1v) is 8.85. The van der Waals surface area contributed by atoms with Crippen LogP contribution in [0.1, 0.15) is 52.2 Å². The number of rotatable bonds is 5. The van der Waals surface area contributed by atoms with Gasteiger partial charge in [-0.25, -0.2) is 0 Å². The van der Waals surface area contributed by atoms with Crippen molar-refractivity contribution in [3.63, 3.8) is 0 Å². The van der Waals surface area contributed by atoms with Crippen LogP contribution in [-0.4, -0.2) is 40.3 Å². The SMILES string of the molecule is CC1(C(=O)O)CCC(C(=O)O)C1(C)C.CN[C@@H](C)[C@H](O)c1ccccc1. The van der Waals surface area contributed by atoms with E-state index in [9.17, 15) is 14.7 Å². The van der Waals surface area contributed by atoms with Gasteiger partial charge in [-0.05, 0) is 44.7 Å². The fourth-order valence-electron chi connectivity index (χ4n) is 3.41. The monoisotopic (exact) mass is 365 g/mol. The molecular formula is C20H31NO5. The second-order valence-corrected chi connectivity index (χ2v) is 7.72. The van der Waals surface area contributed by atoms with Gasteiger partial charge in [0.1, 0.15) is 0 Å². The molecule has 4 N–H and O–H groups in total. The number of likely N-dealkylation sites (N-methyl/N-ethyl adjacent to an activating group) is 1. The Morgan fingerprint density at radius 1 is 1.15 bits per heavy atom. The predicted molar refractivity (Wildman–Crippen MR) is 99.8 cm³/mol. The zero-order chi connectivity index (χ0) is 20.1. The Morgan fingerprint density at radius 3 is 2.04 bits per heavy atom. The van der Waals surface area contributed by atoms with Crippen LogP contribution in [0.2, 0.25) is 0 Å². The minimum absolute atomic E-state index is 0.0902.